The Kier molecular flexibility index (Phi) is 4.63. The number of carbonyl (C=O) groups is 3. The van der Waals surface area contributed by atoms with Gasteiger partial charge in [-0.1, -0.05) is 41.9 Å². The first-order valence-corrected chi connectivity index (χ1v) is 9.02. The SMILES string of the molecule is N[C@H](C(=O)N[C@@H]1C(=O)N2C(C(=O)O)=C(Cl)CS(=O)[C@H]12)c1ccccc1. The zero-order valence-corrected chi connectivity index (χ0v) is 14.3. The lowest BCUT2D eigenvalue weighted by Crippen LogP contribution is -2.73. The van der Waals surface area contributed by atoms with E-state index >= 15 is 0 Å². The number of halogens is 1. The molecular formula is C15H14ClN3O5S. The highest BCUT2D eigenvalue weighted by Crippen LogP contribution is 2.36. The van der Waals surface area contributed by atoms with E-state index in [2.05, 4.69) is 5.32 Å². The number of hydrogen-bond acceptors (Lipinski definition) is 5. The van der Waals surface area contributed by atoms with Crippen molar-refractivity contribution in [2.75, 3.05) is 5.75 Å². The van der Waals surface area contributed by atoms with Gasteiger partial charge in [0.25, 0.3) is 5.91 Å². The smallest absolute Gasteiger partial charge is 0.353 e. The molecule has 25 heavy (non-hydrogen) atoms. The van der Waals surface area contributed by atoms with E-state index in [1.165, 1.54) is 0 Å². The van der Waals surface area contributed by atoms with Crippen molar-refractivity contribution in [3.05, 3.63) is 46.6 Å². The van der Waals surface area contributed by atoms with Gasteiger partial charge in [0.15, 0.2) is 0 Å². The van der Waals surface area contributed by atoms with Crippen LogP contribution < -0.4 is 11.1 Å². The molecule has 0 spiro atoms. The van der Waals surface area contributed by atoms with E-state index in [9.17, 15) is 23.7 Å². The summed E-state index contributed by atoms with van der Waals surface area (Å²) in [5.74, 6) is -2.86. The van der Waals surface area contributed by atoms with Crippen LogP contribution in [0.5, 0.6) is 0 Å². The monoisotopic (exact) mass is 383 g/mol. The molecule has 4 N–H and O–H groups in total. The summed E-state index contributed by atoms with van der Waals surface area (Å²) in [5, 5.41) is 10.5. The van der Waals surface area contributed by atoms with E-state index in [0.29, 0.717) is 5.56 Å². The molecule has 10 heteroatoms. The van der Waals surface area contributed by atoms with E-state index in [0.717, 1.165) is 4.90 Å². The molecule has 132 valence electrons. The molecule has 2 aliphatic rings. The molecule has 2 amide bonds. The molecule has 2 aliphatic heterocycles. The van der Waals surface area contributed by atoms with Crippen molar-refractivity contribution in [1.82, 2.24) is 10.2 Å². The Morgan fingerprint density at radius 2 is 2.00 bits per heavy atom. The average molecular weight is 384 g/mol. The van der Waals surface area contributed by atoms with Gasteiger partial charge >= 0.3 is 5.97 Å². The fraction of sp³-hybridized carbons (Fsp3) is 0.267. The maximum Gasteiger partial charge on any atom is 0.353 e. The van der Waals surface area contributed by atoms with Gasteiger partial charge in [-0.25, -0.2) is 4.79 Å². The van der Waals surface area contributed by atoms with Gasteiger partial charge in [-0.2, -0.15) is 0 Å². The van der Waals surface area contributed by atoms with Gasteiger partial charge in [0.1, 0.15) is 23.2 Å². The Balaban J connectivity index is 1.78. The van der Waals surface area contributed by atoms with Crippen LogP contribution >= 0.6 is 11.6 Å². The topological polar surface area (TPSA) is 130 Å². The molecule has 1 saturated heterocycles. The van der Waals surface area contributed by atoms with Gasteiger partial charge in [0, 0.05) is 0 Å². The lowest BCUT2D eigenvalue weighted by Gasteiger charge is -2.48. The fourth-order valence-corrected chi connectivity index (χ4v) is 4.77. The highest BCUT2D eigenvalue weighted by Gasteiger charge is 2.57. The van der Waals surface area contributed by atoms with E-state index in [4.69, 9.17) is 17.3 Å². The first-order chi connectivity index (χ1) is 11.8. The van der Waals surface area contributed by atoms with Crippen LogP contribution in [0.25, 0.3) is 0 Å². The average Bonchev–Trinajstić information content (AvgIpc) is 2.58. The number of β-lactam (4-membered cyclic amide) rings is 1. The number of benzene rings is 1. The molecule has 1 aromatic rings. The first kappa shape index (κ1) is 17.6. The number of nitrogens with two attached hydrogens (primary N) is 1. The van der Waals surface area contributed by atoms with Crippen molar-refractivity contribution >= 4 is 40.2 Å². The van der Waals surface area contributed by atoms with Crippen molar-refractivity contribution in [1.29, 1.82) is 0 Å². The predicted molar refractivity (Wildman–Crippen MR) is 89.5 cm³/mol. The van der Waals surface area contributed by atoms with Gasteiger partial charge in [-0.05, 0) is 5.56 Å². The number of nitrogens with zero attached hydrogens (tertiary/aromatic N) is 1. The van der Waals surface area contributed by atoms with Gasteiger partial charge in [0.05, 0.1) is 21.6 Å². The number of carboxylic acid groups (broad SMARTS) is 1. The van der Waals surface area contributed by atoms with E-state index < -0.39 is 51.7 Å². The predicted octanol–water partition coefficient (Wildman–Crippen LogP) is -0.363. The second kappa shape index (κ2) is 6.58. The minimum Gasteiger partial charge on any atom is -0.477 e. The van der Waals surface area contributed by atoms with Gasteiger partial charge in [-0.15, -0.1) is 0 Å². The number of carboxylic acids is 1. The standard InChI is InChI=1S/C15H14ClN3O5S/c16-8-6-25(24)14-10(13(21)19(14)11(8)15(22)23)18-12(20)9(17)7-4-2-1-3-5-7/h1-5,9-10,14H,6,17H2,(H,18,20)(H,22,23)/t9-,10+,14+,25?/m0/s1. The van der Waals surface area contributed by atoms with Gasteiger partial charge in [0.2, 0.25) is 5.91 Å². The van der Waals surface area contributed by atoms with E-state index in [1.807, 2.05) is 0 Å². The van der Waals surface area contributed by atoms with Crippen molar-refractivity contribution in [3.63, 3.8) is 0 Å². The minimum atomic E-state index is -1.62. The number of hydrogen-bond donors (Lipinski definition) is 3. The normalized spacial score (nSPS) is 26.6. The summed E-state index contributed by atoms with van der Waals surface area (Å²) >= 11 is 5.82. The number of rotatable bonds is 4. The lowest BCUT2D eigenvalue weighted by atomic mass is 10.0. The zero-order chi connectivity index (χ0) is 18.3. The molecule has 0 saturated carbocycles. The third-order valence-corrected chi connectivity index (χ3v) is 6.09. The van der Waals surface area contributed by atoms with Crippen LogP contribution in [0.4, 0.5) is 0 Å². The maximum atomic E-state index is 12.3. The van der Waals surface area contributed by atoms with Crippen molar-refractivity contribution in [2.24, 2.45) is 5.73 Å². The van der Waals surface area contributed by atoms with E-state index in [-0.39, 0.29) is 10.8 Å². The minimum absolute atomic E-state index is 0.152. The molecule has 8 nitrogen and oxygen atoms in total. The molecule has 1 fully saturated rings. The summed E-state index contributed by atoms with van der Waals surface area (Å²) < 4.78 is 12.2. The van der Waals surface area contributed by atoms with Crippen LogP contribution in [0.3, 0.4) is 0 Å². The van der Waals surface area contributed by atoms with Crippen molar-refractivity contribution in [2.45, 2.75) is 17.5 Å². The molecular weight excluding hydrogens is 370 g/mol. The van der Waals surface area contributed by atoms with E-state index in [1.54, 1.807) is 30.3 Å². The quantitative estimate of drug-likeness (QED) is 0.608. The molecule has 0 bridgehead atoms. The molecule has 1 aromatic carbocycles. The van der Waals surface area contributed by atoms with Crippen LogP contribution in [0.2, 0.25) is 0 Å². The summed E-state index contributed by atoms with van der Waals surface area (Å²) in [6.07, 6.45) is 0. The summed E-state index contributed by atoms with van der Waals surface area (Å²) in [4.78, 5) is 36.7. The Morgan fingerprint density at radius 3 is 2.60 bits per heavy atom. The number of aliphatic carboxylic acids is 1. The Bertz CT molecular complexity index is 813. The fourth-order valence-electron chi connectivity index (χ4n) is 2.79. The second-order valence-electron chi connectivity index (χ2n) is 5.56. The summed E-state index contributed by atoms with van der Waals surface area (Å²) in [6.45, 7) is 0. The number of carbonyl (C=O) groups excluding carboxylic acids is 2. The van der Waals surface area contributed by atoms with Crippen molar-refractivity contribution in [3.8, 4) is 0 Å². The summed E-state index contributed by atoms with van der Waals surface area (Å²) in [7, 11) is -1.62. The van der Waals surface area contributed by atoms with Crippen LogP contribution in [-0.4, -0.2) is 49.2 Å². The summed E-state index contributed by atoms with van der Waals surface area (Å²) in [5.41, 5.74) is 6.04. The molecule has 0 aromatic heterocycles. The Hall–Kier alpha value is -2.23. The van der Waals surface area contributed by atoms with Crippen molar-refractivity contribution < 1.29 is 23.7 Å². The zero-order valence-electron chi connectivity index (χ0n) is 12.7. The second-order valence-corrected chi connectivity index (χ2v) is 7.55. The Morgan fingerprint density at radius 1 is 1.36 bits per heavy atom. The van der Waals surface area contributed by atoms with Crippen LogP contribution in [-0.2, 0) is 25.2 Å². The first-order valence-electron chi connectivity index (χ1n) is 7.26. The van der Waals surface area contributed by atoms with Crippen LogP contribution in [0, 0.1) is 0 Å². The van der Waals surface area contributed by atoms with Crippen LogP contribution in [0.15, 0.2) is 41.1 Å². The van der Waals surface area contributed by atoms with Gasteiger partial charge < -0.3 is 16.2 Å². The van der Waals surface area contributed by atoms with Gasteiger partial charge in [-0.3, -0.25) is 18.7 Å². The summed E-state index contributed by atoms with van der Waals surface area (Å²) in [6, 6.07) is 6.46. The van der Waals surface area contributed by atoms with Crippen LogP contribution in [0.1, 0.15) is 11.6 Å². The molecule has 4 atom stereocenters. The molecule has 2 heterocycles. The number of amides is 2. The highest BCUT2D eigenvalue weighted by atomic mass is 35.5. The molecule has 1 unspecified atom stereocenters. The molecule has 3 rings (SSSR count). The number of nitrogens with one attached hydrogen (secondary N) is 1. The third-order valence-electron chi connectivity index (χ3n) is 4.02. The highest BCUT2D eigenvalue weighted by molar-refractivity contribution is 7.86. The number of fused-ring (bicyclic) bond motifs is 1. The molecule has 0 radical (unpaired) electrons. The molecule has 0 aliphatic carbocycles. The third kappa shape index (κ3) is 2.94. The lowest BCUT2D eigenvalue weighted by molar-refractivity contribution is -0.151. The largest absolute Gasteiger partial charge is 0.477 e. The Labute approximate surface area is 150 Å². The maximum absolute atomic E-state index is 12.3.